The Balaban J connectivity index is 4.61. The number of esters is 1. The minimum atomic E-state index is -4.59. The van der Waals surface area contributed by atoms with Gasteiger partial charge in [0.05, 0.1) is 19.8 Å². The fourth-order valence-corrected chi connectivity index (χ4v) is 0.648. The molecule has 14 heavy (non-hydrogen) atoms. The molecule has 0 aromatic rings. The molecule has 0 aromatic carbocycles. The monoisotopic (exact) mass is 211 g/mol. The van der Waals surface area contributed by atoms with Gasteiger partial charge < -0.3 is 9.84 Å². The van der Waals surface area contributed by atoms with Crippen LogP contribution in [-0.2, 0) is 9.53 Å². The first-order chi connectivity index (χ1) is 6.31. The van der Waals surface area contributed by atoms with Crippen molar-refractivity contribution in [1.29, 1.82) is 5.41 Å². The number of halogens is 3. The van der Waals surface area contributed by atoms with Crippen LogP contribution in [0.15, 0.2) is 11.8 Å². The van der Waals surface area contributed by atoms with E-state index in [9.17, 15) is 18.0 Å². The van der Waals surface area contributed by atoms with Gasteiger partial charge in [-0.2, -0.15) is 13.2 Å². The van der Waals surface area contributed by atoms with Crippen LogP contribution in [0.2, 0.25) is 0 Å². The molecule has 0 amide bonds. The van der Waals surface area contributed by atoms with Gasteiger partial charge in [-0.3, -0.25) is 5.41 Å². The number of carbonyl (C=O) groups is 1. The molecule has 0 radical (unpaired) electrons. The standard InChI is InChI=1S/C7H8F3NO3/c1-14-6(13)5(11)4(3-12)2-7(8,9)10/h3,11-12H,2H2,1H3/b4-3-,11-5?. The van der Waals surface area contributed by atoms with Crippen LogP contribution in [0.4, 0.5) is 13.2 Å². The van der Waals surface area contributed by atoms with Gasteiger partial charge in [0.2, 0.25) is 0 Å². The smallest absolute Gasteiger partial charge is 0.393 e. The topological polar surface area (TPSA) is 70.4 Å². The normalized spacial score (nSPS) is 12.4. The average molecular weight is 211 g/mol. The number of hydrogen-bond donors (Lipinski definition) is 2. The van der Waals surface area contributed by atoms with Crippen LogP contribution in [-0.4, -0.2) is 30.1 Å². The molecule has 0 atom stereocenters. The Morgan fingerprint density at radius 3 is 2.36 bits per heavy atom. The first-order valence-corrected chi connectivity index (χ1v) is 3.39. The van der Waals surface area contributed by atoms with Crippen LogP contribution in [0, 0.1) is 5.41 Å². The molecule has 0 aliphatic rings. The van der Waals surface area contributed by atoms with Crippen LogP contribution < -0.4 is 0 Å². The van der Waals surface area contributed by atoms with E-state index in [-0.39, 0.29) is 6.26 Å². The fourth-order valence-electron chi connectivity index (χ4n) is 0.648. The number of rotatable bonds is 3. The predicted molar refractivity (Wildman–Crippen MR) is 41.1 cm³/mol. The first kappa shape index (κ1) is 12.5. The summed E-state index contributed by atoms with van der Waals surface area (Å²) in [5.41, 5.74) is -1.84. The van der Waals surface area contributed by atoms with Gasteiger partial charge in [0.15, 0.2) is 0 Å². The highest BCUT2D eigenvalue weighted by Crippen LogP contribution is 2.24. The molecule has 0 saturated carbocycles. The van der Waals surface area contributed by atoms with Crippen LogP contribution >= 0.6 is 0 Å². The number of methoxy groups -OCH3 is 1. The van der Waals surface area contributed by atoms with Crippen molar-refractivity contribution in [2.75, 3.05) is 7.11 Å². The number of ether oxygens (including phenoxy) is 1. The molecular weight excluding hydrogens is 203 g/mol. The Hall–Kier alpha value is -1.53. The highest BCUT2D eigenvalue weighted by Gasteiger charge is 2.32. The van der Waals surface area contributed by atoms with Crippen molar-refractivity contribution < 1.29 is 27.8 Å². The number of hydrogen-bond acceptors (Lipinski definition) is 4. The van der Waals surface area contributed by atoms with Gasteiger partial charge in [-0.1, -0.05) is 0 Å². The number of aliphatic hydroxyl groups excluding tert-OH is 1. The zero-order valence-electron chi connectivity index (χ0n) is 7.18. The van der Waals surface area contributed by atoms with Gasteiger partial charge in [-0.05, 0) is 0 Å². The summed E-state index contributed by atoms with van der Waals surface area (Å²) in [5, 5.41) is 15.3. The minimum Gasteiger partial charge on any atom is -0.515 e. The Labute approximate surface area is 77.5 Å². The number of carbonyl (C=O) groups excluding carboxylic acids is 1. The highest BCUT2D eigenvalue weighted by molar-refractivity contribution is 6.41. The van der Waals surface area contributed by atoms with Gasteiger partial charge in [-0.25, -0.2) is 4.79 Å². The van der Waals surface area contributed by atoms with Crippen molar-refractivity contribution in [3.8, 4) is 0 Å². The van der Waals surface area contributed by atoms with E-state index in [2.05, 4.69) is 4.74 Å². The molecule has 0 heterocycles. The lowest BCUT2D eigenvalue weighted by Gasteiger charge is -2.08. The Morgan fingerprint density at radius 1 is 1.57 bits per heavy atom. The molecule has 7 heteroatoms. The number of nitrogens with one attached hydrogen (secondary N) is 1. The third-order valence-corrected chi connectivity index (χ3v) is 1.26. The van der Waals surface area contributed by atoms with Crippen molar-refractivity contribution in [2.45, 2.75) is 12.6 Å². The van der Waals surface area contributed by atoms with Gasteiger partial charge in [0, 0.05) is 5.57 Å². The van der Waals surface area contributed by atoms with E-state index in [1.807, 2.05) is 0 Å². The summed E-state index contributed by atoms with van der Waals surface area (Å²) in [6.07, 6.45) is -6.06. The molecule has 0 aliphatic heterocycles. The maximum absolute atomic E-state index is 11.8. The summed E-state index contributed by atoms with van der Waals surface area (Å²) in [7, 11) is 0.930. The molecular formula is C7H8F3NO3. The SMILES string of the molecule is COC(=O)C(=N)/C(=C\O)CC(F)(F)F. The second-order valence-corrected chi connectivity index (χ2v) is 2.31. The van der Waals surface area contributed by atoms with Crippen LogP contribution in [0.3, 0.4) is 0 Å². The van der Waals surface area contributed by atoms with Crippen LogP contribution in [0.1, 0.15) is 6.42 Å². The van der Waals surface area contributed by atoms with E-state index in [1.54, 1.807) is 0 Å². The lowest BCUT2D eigenvalue weighted by atomic mass is 10.1. The summed E-state index contributed by atoms with van der Waals surface area (Å²) in [6.45, 7) is 0. The maximum Gasteiger partial charge on any atom is 0.393 e. The molecule has 0 unspecified atom stereocenters. The third-order valence-electron chi connectivity index (χ3n) is 1.26. The predicted octanol–water partition coefficient (Wildman–Crippen LogP) is 1.57. The minimum absolute atomic E-state index is 0.0761. The Kier molecular flexibility index (Phi) is 4.13. The third kappa shape index (κ3) is 3.92. The van der Waals surface area contributed by atoms with Crippen molar-refractivity contribution in [1.82, 2.24) is 0 Å². The van der Waals surface area contributed by atoms with Crippen LogP contribution in [0.25, 0.3) is 0 Å². The lowest BCUT2D eigenvalue weighted by Crippen LogP contribution is -2.21. The molecule has 0 aromatic heterocycles. The summed E-state index contributed by atoms with van der Waals surface area (Å²) < 4.78 is 39.5. The van der Waals surface area contributed by atoms with Crippen molar-refractivity contribution in [3.63, 3.8) is 0 Å². The fraction of sp³-hybridized carbons (Fsp3) is 0.429. The molecule has 0 aliphatic carbocycles. The van der Waals surface area contributed by atoms with E-state index < -0.39 is 29.9 Å². The van der Waals surface area contributed by atoms with E-state index >= 15 is 0 Å². The van der Waals surface area contributed by atoms with Crippen molar-refractivity contribution in [3.05, 3.63) is 11.8 Å². The molecule has 0 spiro atoms. The second-order valence-electron chi connectivity index (χ2n) is 2.31. The molecule has 2 N–H and O–H groups in total. The van der Waals surface area contributed by atoms with Crippen molar-refractivity contribution >= 4 is 11.7 Å². The first-order valence-electron chi connectivity index (χ1n) is 3.39. The number of alkyl halides is 3. The average Bonchev–Trinajstić information content (AvgIpc) is 2.10. The van der Waals surface area contributed by atoms with E-state index in [0.717, 1.165) is 7.11 Å². The summed E-state index contributed by atoms with van der Waals surface area (Å²) >= 11 is 0. The molecule has 0 fully saturated rings. The largest absolute Gasteiger partial charge is 0.515 e. The molecule has 0 rings (SSSR count). The molecule has 80 valence electrons. The Morgan fingerprint density at radius 2 is 2.07 bits per heavy atom. The zero-order valence-corrected chi connectivity index (χ0v) is 7.18. The zero-order chi connectivity index (χ0) is 11.4. The van der Waals surface area contributed by atoms with Gasteiger partial charge in [0.25, 0.3) is 0 Å². The summed E-state index contributed by atoms with van der Waals surface area (Å²) in [5.74, 6) is -1.23. The van der Waals surface area contributed by atoms with Gasteiger partial charge >= 0.3 is 12.1 Å². The van der Waals surface area contributed by atoms with E-state index in [1.165, 1.54) is 0 Å². The maximum atomic E-state index is 11.8. The van der Waals surface area contributed by atoms with Crippen molar-refractivity contribution in [2.24, 2.45) is 0 Å². The van der Waals surface area contributed by atoms with Gasteiger partial charge in [0.1, 0.15) is 5.71 Å². The van der Waals surface area contributed by atoms with Crippen LogP contribution in [0.5, 0.6) is 0 Å². The van der Waals surface area contributed by atoms with Gasteiger partial charge in [-0.15, -0.1) is 0 Å². The quantitative estimate of drug-likeness (QED) is 0.423. The number of aliphatic hydroxyl groups is 1. The summed E-state index contributed by atoms with van der Waals surface area (Å²) in [6, 6.07) is 0. The van der Waals surface area contributed by atoms with E-state index in [4.69, 9.17) is 10.5 Å². The lowest BCUT2D eigenvalue weighted by molar-refractivity contribution is -0.133. The highest BCUT2D eigenvalue weighted by atomic mass is 19.4. The van der Waals surface area contributed by atoms with E-state index in [0.29, 0.717) is 0 Å². The molecule has 4 nitrogen and oxygen atoms in total. The molecule has 0 saturated heterocycles. The summed E-state index contributed by atoms with van der Waals surface area (Å²) in [4.78, 5) is 10.6. The Bertz CT molecular complexity index is 270. The molecule has 0 bridgehead atoms. The second kappa shape index (κ2) is 4.64.